The van der Waals surface area contributed by atoms with Crippen molar-refractivity contribution in [2.75, 3.05) is 0 Å². The minimum Gasteiger partial charge on any atom is -0.245 e. The van der Waals surface area contributed by atoms with Gasteiger partial charge in [0.15, 0.2) is 0 Å². The molecule has 7 aromatic rings. The van der Waals surface area contributed by atoms with Crippen molar-refractivity contribution in [1.29, 1.82) is 0 Å². The highest BCUT2D eigenvalue weighted by Crippen LogP contribution is 2.40. The molecular weight excluding hydrogens is 477 g/mol. The Kier molecular flexibility index (Phi) is 5.20. The van der Waals surface area contributed by atoms with Crippen molar-refractivity contribution >= 4 is 44.5 Å². The normalized spacial score (nSPS) is 11.3. The molecule has 4 aromatic heterocycles. The van der Waals surface area contributed by atoms with Gasteiger partial charge in [0.2, 0.25) is 0 Å². The monoisotopic (exact) mass is 496 g/mol. The Hall–Kier alpha value is -4.12. The molecule has 0 spiro atoms. The third kappa shape index (κ3) is 3.63. The quantitative estimate of drug-likeness (QED) is 0.227. The van der Waals surface area contributed by atoms with Gasteiger partial charge in [-0.05, 0) is 57.3 Å². The minimum absolute atomic E-state index is 0.938. The van der Waals surface area contributed by atoms with E-state index in [1.54, 1.807) is 22.7 Å². The van der Waals surface area contributed by atoms with Crippen molar-refractivity contribution in [3.05, 3.63) is 120 Å². The smallest absolute Gasteiger partial charge is 0.0979 e. The molecule has 0 atom stereocenters. The average molecular weight is 497 g/mol. The number of pyridine rings is 2. The van der Waals surface area contributed by atoms with E-state index >= 15 is 0 Å². The largest absolute Gasteiger partial charge is 0.245 e. The van der Waals surface area contributed by atoms with E-state index in [1.807, 2.05) is 0 Å². The summed E-state index contributed by atoms with van der Waals surface area (Å²) in [6.45, 7) is 0. The van der Waals surface area contributed by atoms with Gasteiger partial charge in [0.25, 0.3) is 0 Å². The van der Waals surface area contributed by atoms with E-state index in [4.69, 9.17) is 9.97 Å². The summed E-state index contributed by atoms with van der Waals surface area (Å²) in [5.41, 5.74) is 8.55. The topological polar surface area (TPSA) is 25.8 Å². The fourth-order valence-corrected chi connectivity index (χ4v) is 6.16. The first-order valence-electron chi connectivity index (χ1n) is 11.8. The maximum atomic E-state index is 5.24. The minimum atomic E-state index is 0.938. The number of benzene rings is 3. The molecule has 0 saturated heterocycles. The fourth-order valence-electron chi connectivity index (χ4n) is 4.79. The van der Waals surface area contributed by atoms with Gasteiger partial charge >= 0.3 is 0 Å². The first kappa shape index (κ1) is 21.2. The van der Waals surface area contributed by atoms with Crippen LogP contribution in [0.4, 0.5) is 0 Å². The zero-order valence-electron chi connectivity index (χ0n) is 19.3. The molecule has 0 saturated carbocycles. The molecule has 3 aromatic carbocycles. The summed E-state index contributed by atoms with van der Waals surface area (Å²) < 4.78 is 0. The van der Waals surface area contributed by atoms with Crippen LogP contribution in [0.25, 0.3) is 65.2 Å². The van der Waals surface area contributed by atoms with Crippen molar-refractivity contribution in [2.45, 2.75) is 0 Å². The fraction of sp³-hybridized carbons (Fsp3) is 0. The van der Waals surface area contributed by atoms with Gasteiger partial charge in [0.1, 0.15) is 0 Å². The van der Waals surface area contributed by atoms with Gasteiger partial charge in [-0.1, -0.05) is 84.9 Å². The molecule has 0 bridgehead atoms. The Bertz CT molecular complexity index is 1670. The van der Waals surface area contributed by atoms with Crippen molar-refractivity contribution in [1.82, 2.24) is 9.97 Å². The summed E-state index contributed by atoms with van der Waals surface area (Å²) in [7, 11) is 0. The Morgan fingerprint density at radius 3 is 1.28 bits per heavy atom. The molecule has 0 radical (unpaired) electrons. The molecule has 0 unspecified atom stereocenters. The van der Waals surface area contributed by atoms with Crippen molar-refractivity contribution in [3.63, 3.8) is 0 Å². The zero-order valence-corrected chi connectivity index (χ0v) is 20.9. The van der Waals surface area contributed by atoms with E-state index in [0.717, 1.165) is 42.9 Å². The molecule has 0 aliphatic heterocycles. The van der Waals surface area contributed by atoms with E-state index in [-0.39, 0.29) is 0 Å². The van der Waals surface area contributed by atoms with Gasteiger partial charge in [-0.25, -0.2) is 9.97 Å². The van der Waals surface area contributed by atoms with E-state index in [9.17, 15) is 0 Å². The van der Waals surface area contributed by atoms with Gasteiger partial charge in [-0.15, -0.1) is 22.7 Å². The highest BCUT2D eigenvalue weighted by atomic mass is 32.1. The standard InChI is InChI=1S/C32H20N2S2/c1-3-9-21(10-4-1)25-19-27(29-13-7-17-35-29)33-31-23(25)15-16-24-26(22-11-5-2-6-12-22)20-28(34-32(24)31)30-14-8-18-36-30/h1-20H. The number of thiophene rings is 2. The summed E-state index contributed by atoms with van der Waals surface area (Å²) in [5, 5.41) is 6.44. The molecule has 2 nitrogen and oxygen atoms in total. The Morgan fingerprint density at radius 2 is 0.889 bits per heavy atom. The summed E-state index contributed by atoms with van der Waals surface area (Å²) in [6.07, 6.45) is 0. The molecule has 0 aliphatic rings. The van der Waals surface area contributed by atoms with E-state index < -0.39 is 0 Å². The zero-order chi connectivity index (χ0) is 23.9. The number of hydrogen-bond acceptors (Lipinski definition) is 4. The van der Waals surface area contributed by atoms with Crippen LogP contribution in [-0.2, 0) is 0 Å². The summed E-state index contributed by atoms with van der Waals surface area (Å²) in [5.74, 6) is 0. The predicted molar refractivity (Wildman–Crippen MR) is 155 cm³/mol. The number of rotatable bonds is 4. The lowest BCUT2D eigenvalue weighted by molar-refractivity contribution is 1.38. The van der Waals surface area contributed by atoms with E-state index in [1.165, 1.54) is 22.3 Å². The second-order valence-electron chi connectivity index (χ2n) is 8.65. The molecule has 0 N–H and O–H groups in total. The highest BCUT2D eigenvalue weighted by molar-refractivity contribution is 7.13. The maximum absolute atomic E-state index is 5.24. The Labute approximate surface area is 217 Å². The first-order chi connectivity index (χ1) is 17.8. The van der Waals surface area contributed by atoms with Crippen molar-refractivity contribution in [2.24, 2.45) is 0 Å². The lowest BCUT2D eigenvalue weighted by Crippen LogP contribution is -1.94. The molecule has 0 fully saturated rings. The van der Waals surface area contributed by atoms with Crippen LogP contribution < -0.4 is 0 Å². The van der Waals surface area contributed by atoms with Crippen molar-refractivity contribution < 1.29 is 0 Å². The van der Waals surface area contributed by atoms with Gasteiger partial charge in [-0.2, -0.15) is 0 Å². The van der Waals surface area contributed by atoms with Crippen LogP contribution in [0, 0.1) is 0 Å². The number of aromatic nitrogens is 2. The van der Waals surface area contributed by atoms with Crippen LogP contribution >= 0.6 is 22.7 Å². The molecule has 0 aliphatic carbocycles. The molecule has 7 rings (SSSR count). The van der Waals surface area contributed by atoms with Gasteiger partial charge in [0.05, 0.1) is 32.2 Å². The molecule has 36 heavy (non-hydrogen) atoms. The number of hydrogen-bond donors (Lipinski definition) is 0. The Morgan fingerprint density at radius 1 is 0.444 bits per heavy atom. The molecular formula is C32H20N2S2. The SMILES string of the molecule is c1ccc(-c2cc(-c3cccs3)nc3c2ccc2c(-c4ccccc4)cc(-c4cccs4)nc23)cc1. The second kappa shape index (κ2) is 8.83. The van der Waals surface area contributed by atoms with Crippen LogP contribution in [0.5, 0.6) is 0 Å². The average Bonchev–Trinajstić information content (AvgIpc) is 3.68. The van der Waals surface area contributed by atoms with Crippen LogP contribution in [-0.4, -0.2) is 9.97 Å². The van der Waals surface area contributed by atoms with Gasteiger partial charge < -0.3 is 0 Å². The Balaban J connectivity index is 1.62. The summed E-state index contributed by atoms with van der Waals surface area (Å²) in [4.78, 5) is 12.8. The molecule has 4 heteroatoms. The summed E-state index contributed by atoms with van der Waals surface area (Å²) in [6, 6.07) is 38.5. The maximum Gasteiger partial charge on any atom is 0.0979 e. The second-order valence-corrected chi connectivity index (χ2v) is 10.6. The third-order valence-electron chi connectivity index (χ3n) is 6.48. The highest BCUT2D eigenvalue weighted by Gasteiger charge is 2.17. The lowest BCUT2D eigenvalue weighted by atomic mass is 9.95. The number of fused-ring (bicyclic) bond motifs is 3. The van der Waals surface area contributed by atoms with Gasteiger partial charge in [0, 0.05) is 10.8 Å². The van der Waals surface area contributed by atoms with E-state index in [2.05, 4.69) is 120 Å². The van der Waals surface area contributed by atoms with E-state index in [0.29, 0.717) is 0 Å². The van der Waals surface area contributed by atoms with Crippen LogP contribution in [0.1, 0.15) is 0 Å². The first-order valence-corrected chi connectivity index (χ1v) is 13.6. The third-order valence-corrected chi connectivity index (χ3v) is 8.26. The molecule has 170 valence electrons. The number of nitrogens with zero attached hydrogens (tertiary/aromatic N) is 2. The van der Waals surface area contributed by atoms with Crippen LogP contribution in [0.2, 0.25) is 0 Å². The van der Waals surface area contributed by atoms with Gasteiger partial charge in [-0.3, -0.25) is 0 Å². The molecule has 4 heterocycles. The lowest BCUT2D eigenvalue weighted by Gasteiger charge is -2.14. The van der Waals surface area contributed by atoms with Crippen molar-refractivity contribution in [3.8, 4) is 43.4 Å². The summed E-state index contributed by atoms with van der Waals surface area (Å²) >= 11 is 3.43. The predicted octanol–water partition coefficient (Wildman–Crippen LogP) is 9.57. The van der Waals surface area contributed by atoms with Crippen LogP contribution in [0.3, 0.4) is 0 Å². The molecule has 0 amide bonds. The van der Waals surface area contributed by atoms with Crippen LogP contribution in [0.15, 0.2) is 120 Å².